The fourth-order valence-corrected chi connectivity index (χ4v) is 2.89. The summed E-state index contributed by atoms with van der Waals surface area (Å²) in [7, 11) is 0. The van der Waals surface area contributed by atoms with Crippen LogP contribution in [0.1, 0.15) is 15.9 Å². The Morgan fingerprint density at radius 2 is 1.96 bits per heavy atom. The summed E-state index contributed by atoms with van der Waals surface area (Å²) in [6.45, 7) is 0.670. The van der Waals surface area contributed by atoms with Crippen molar-refractivity contribution in [3.8, 4) is 0 Å². The van der Waals surface area contributed by atoms with Crippen LogP contribution in [-0.4, -0.2) is 16.8 Å². The number of hydrogen-bond donors (Lipinski definition) is 1. The molecule has 0 aliphatic rings. The zero-order valence-electron chi connectivity index (χ0n) is 12.3. The molecule has 5 heteroatoms. The first kappa shape index (κ1) is 15.5. The molecule has 1 aromatic heterocycles. The van der Waals surface area contributed by atoms with Gasteiger partial charge >= 0.3 is 0 Å². The number of nitrogens with zero attached hydrogens (tertiary/aromatic N) is 1. The van der Waals surface area contributed by atoms with Gasteiger partial charge in [-0.2, -0.15) is 0 Å². The predicted octanol–water partition coefficient (Wildman–Crippen LogP) is 3.53. The first-order valence-electron chi connectivity index (χ1n) is 7.21. The lowest BCUT2D eigenvalue weighted by Crippen LogP contribution is -2.26. The lowest BCUT2D eigenvalue weighted by atomic mass is 10.2. The van der Waals surface area contributed by atoms with E-state index in [4.69, 9.17) is 0 Å². The minimum atomic E-state index is -0.0916. The van der Waals surface area contributed by atoms with Gasteiger partial charge < -0.3 is 9.88 Å². The molecule has 3 rings (SSSR count). The first-order valence-corrected chi connectivity index (χ1v) is 8.01. The lowest BCUT2D eigenvalue weighted by Gasteiger charge is -2.07. The Hall–Kier alpha value is -2.40. The molecule has 0 spiro atoms. The SMILES string of the molecule is O=Cc1cn(CC(=O)NCc2ccccc2)c2ccc(Br)cc12. The maximum absolute atomic E-state index is 12.2. The van der Waals surface area contributed by atoms with E-state index in [1.165, 1.54) is 0 Å². The minimum absolute atomic E-state index is 0.0916. The van der Waals surface area contributed by atoms with Crippen LogP contribution in [0, 0.1) is 0 Å². The number of nitrogens with one attached hydrogen (secondary N) is 1. The van der Waals surface area contributed by atoms with Crippen molar-refractivity contribution in [1.82, 2.24) is 9.88 Å². The van der Waals surface area contributed by atoms with Crippen LogP contribution < -0.4 is 5.32 Å². The molecule has 0 fully saturated rings. The average molecular weight is 371 g/mol. The third-order valence-electron chi connectivity index (χ3n) is 3.65. The van der Waals surface area contributed by atoms with Gasteiger partial charge in [-0.05, 0) is 23.8 Å². The van der Waals surface area contributed by atoms with Crippen molar-refractivity contribution in [2.24, 2.45) is 0 Å². The van der Waals surface area contributed by atoms with Gasteiger partial charge in [-0.1, -0.05) is 46.3 Å². The first-order chi connectivity index (χ1) is 11.2. The van der Waals surface area contributed by atoms with E-state index in [0.717, 1.165) is 27.2 Å². The van der Waals surface area contributed by atoms with E-state index in [1.54, 1.807) is 10.8 Å². The van der Waals surface area contributed by atoms with Crippen LogP contribution in [0.3, 0.4) is 0 Å². The Labute approximate surface area is 142 Å². The van der Waals surface area contributed by atoms with E-state index in [2.05, 4.69) is 21.2 Å². The molecule has 0 radical (unpaired) electrons. The summed E-state index contributed by atoms with van der Waals surface area (Å²) < 4.78 is 2.70. The number of hydrogen-bond acceptors (Lipinski definition) is 2. The molecular formula is C18H15BrN2O2. The van der Waals surface area contributed by atoms with Gasteiger partial charge in [-0.15, -0.1) is 0 Å². The van der Waals surface area contributed by atoms with Crippen molar-refractivity contribution in [2.75, 3.05) is 0 Å². The van der Waals surface area contributed by atoms with Gasteiger partial charge in [0, 0.05) is 33.7 Å². The fourth-order valence-electron chi connectivity index (χ4n) is 2.53. The summed E-state index contributed by atoms with van der Waals surface area (Å²) in [4.78, 5) is 23.4. The fraction of sp³-hybridized carbons (Fsp3) is 0.111. The highest BCUT2D eigenvalue weighted by Crippen LogP contribution is 2.24. The summed E-state index contributed by atoms with van der Waals surface area (Å²) in [6, 6.07) is 15.4. The highest BCUT2D eigenvalue weighted by atomic mass is 79.9. The van der Waals surface area contributed by atoms with Gasteiger partial charge in [0.05, 0.1) is 0 Å². The lowest BCUT2D eigenvalue weighted by molar-refractivity contribution is -0.121. The summed E-state index contributed by atoms with van der Waals surface area (Å²) in [5.41, 5.74) is 2.50. The monoisotopic (exact) mass is 370 g/mol. The smallest absolute Gasteiger partial charge is 0.240 e. The minimum Gasteiger partial charge on any atom is -0.350 e. The summed E-state index contributed by atoms with van der Waals surface area (Å²) in [6.07, 6.45) is 2.53. The van der Waals surface area contributed by atoms with Crippen LogP contribution in [0.4, 0.5) is 0 Å². The van der Waals surface area contributed by atoms with Crippen LogP contribution in [0.2, 0.25) is 0 Å². The second-order valence-electron chi connectivity index (χ2n) is 5.25. The molecular weight excluding hydrogens is 356 g/mol. The quantitative estimate of drug-likeness (QED) is 0.698. The average Bonchev–Trinajstić information content (AvgIpc) is 2.91. The number of amides is 1. The molecule has 0 bridgehead atoms. The standard InChI is InChI=1S/C18H15BrN2O2/c19-15-6-7-17-16(8-15)14(12-22)10-21(17)11-18(23)20-9-13-4-2-1-3-5-13/h1-8,10,12H,9,11H2,(H,20,23). The second-order valence-corrected chi connectivity index (χ2v) is 6.17. The molecule has 1 heterocycles. The van der Waals surface area contributed by atoms with Crippen molar-refractivity contribution >= 4 is 39.0 Å². The molecule has 3 aromatic rings. The topological polar surface area (TPSA) is 51.1 Å². The third-order valence-corrected chi connectivity index (χ3v) is 4.14. The zero-order valence-corrected chi connectivity index (χ0v) is 13.9. The summed E-state index contributed by atoms with van der Waals surface area (Å²) in [5, 5.41) is 3.73. The highest BCUT2D eigenvalue weighted by Gasteiger charge is 2.11. The molecule has 0 saturated carbocycles. The normalized spacial score (nSPS) is 10.7. The maximum atomic E-state index is 12.2. The Morgan fingerprint density at radius 1 is 1.17 bits per heavy atom. The maximum Gasteiger partial charge on any atom is 0.240 e. The van der Waals surface area contributed by atoms with Crippen molar-refractivity contribution in [3.05, 3.63) is 70.3 Å². The Morgan fingerprint density at radius 3 is 2.70 bits per heavy atom. The summed E-state index contributed by atoms with van der Waals surface area (Å²) in [5.74, 6) is -0.0916. The van der Waals surface area contributed by atoms with Crippen LogP contribution in [0.25, 0.3) is 10.9 Å². The number of aromatic nitrogens is 1. The number of carbonyl (C=O) groups excluding carboxylic acids is 2. The second kappa shape index (κ2) is 6.79. The van der Waals surface area contributed by atoms with Crippen LogP contribution in [-0.2, 0) is 17.9 Å². The molecule has 1 N–H and O–H groups in total. The van der Waals surface area contributed by atoms with Crippen LogP contribution in [0.5, 0.6) is 0 Å². The number of halogens is 1. The molecule has 0 atom stereocenters. The Balaban J connectivity index is 1.76. The van der Waals surface area contributed by atoms with Gasteiger partial charge in [-0.3, -0.25) is 9.59 Å². The van der Waals surface area contributed by atoms with Crippen LogP contribution >= 0.6 is 15.9 Å². The third kappa shape index (κ3) is 3.51. The number of aldehydes is 1. The molecule has 2 aromatic carbocycles. The molecule has 0 aliphatic carbocycles. The van der Waals surface area contributed by atoms with E-state index in [1.807, 2.05) is 48.5 Å². The molecule has 0 saturated heterocycles. The molecule has 116 valence electrons. The van der Waals surface area contributed by atoms with Crippen LogP contribution in [0.15, 0.2) is 59.2 Å². The number of benzene rings is 2. The van der Waals surface area contributed by atoms with Crippen molar-refractivity contribution in [2.45, 2.75) is 13.1 Å². The van der Waals surface area contributed by atoms with E-state index in [9.17, 15) is 9.59 Å². The Kier molecular flexibility index (Phi) is 4.57. The Bertz CT molecular complexity index is 856. The van der Waals surface area contributed by atoms with Gasteiger partial charge in [0.1, 0.15) is 6.54 Å². The van der Waals surface area contributed by atoms with E-state index < -0.39 is 0 Å². The molecule has 4 nitrogen and oxygen atoms in total. The molecule has 23 heavy (non-hydrogen) atoms. The largest absolute Gasteiger partial charge is 0.350 e. The highest BCUT2D eigenvalue weighted by molar-refractivity contribution is 9.10. The molecule has 0 unspecified atom stereocenters. The van der Waals surface area contributed by atoms with Gasteiger partial charge in [0.25, 0.3) is 0 Å². The number of rotatable bonds is 5. The van der Waals surface area contributed by atoms with Crippen molar-refractivity contribution in [3.63, 3.8) is 0 Å². The zero-order chi connectivity index (χ0) is 16.2. The van der Waals surface area contributed by atoms with E-state index >= 15 is 0 Å². The van der Waals surface area contributed by atoms with Gasteiger partial charge in [0.15, 0.2) is 6.29 Å². The molecule has 0 aliphatic heterocycles. The van der Waals surface area contributed by atoms with Crippen molar-refractivity contribution in [1.29, 1.82) is 0 Å². The number of carbonyl (C=O) groups is 2. The van der Waals surface area contributed by atoms with E-state index in [-0.39, 0.29) is 12.5 Å². The molecule has 1 amide bonds. The predicted molar refractivity (Wildman–Crippen MR) is 93.3 cm³/mol. The van der Waals surface area contributed by atoms with Crippen molar-refractivity contribution < 1.29 is 9.59 Å². The van der Waals surface area contributed by atoms with Gasteiger partial charge in [0.2, 0.25) is 5.91 Å². The number of fused-ring (bicyclic) bond motifs is 1. The van der Waals surface area contributed by atoms with Gasteiger partial charge in [-0.25, -0.2) is 0 Å². The van der Waals surface area contributed by atoms with E-state index in [0.29, 0.717) is 12.1 Å². The summed E-state index contributed by atoms with van der Waals surface area (Å²) >= 11 is 3.40.